The van der Waals surface area contributed by atoms with Crippen molar-refractivity contribution in [3.05, 3.63) is 34.7 Å². The molecular formula is C12H10N2O4S. The van der Waals surface area contributed by atoms with Gasteiger partial charge in [-0.2, -0.15) is 0 Å². The number of hydrogen-bond donors (Lipinski definition) is 2. The summed E-state index contributed by atoms with van der Waals surface area (Å²) in [7, 11) is 0. The first-order valence-corrected chi connectivity index (χ1v) is 6.12. The van der Waals surface area contributed by atoms with Gasteiger partial charge in [0.25, 0.3) is 11.1 Å². The molecule has 1 aliphatic heterocycles. The van der Waals surface area contributed by atoms with E-state index in [4.69, 9.17) is 10.8 Å². The lowest BCUT2D eigenvalue weighted by molar-refractivity contribution is -0.140. The first-order chi connectivity index (χ1) is 8.97. The molecule has 1 saturated heterocycles. The van der Waals surface area contributed by atoms with Gasteiger partial charge >= 0.3 is 5.97 Å². The van der Waals surface area contributed by atoms with Crippen LogP contribution in [0.4, 0.5) is 10.5 Å². The van der Waals surface area contributed by atoms with Crippen molar-refractivity contribution in [1.82, 2.24) is 4.90 Å². The van der Waals surface area contributed by atoms with Gasteiger partial charge in [-0.1, -0.05) is 12.1 Å². The second-order valence-corrected chi connectivity index (χ2v) is 4.82. The van der Waals surface area contributed by atoms with Gasteiger partial charge in [0.15, 0.2) is 0 Å². The number of carboxylic acids is 1. The molecule has 1 heterocycles. The number of aliphatic carboxylic acids is 1. The third-order valence-corrected chi connectivity index (χ3v) is 3.31. The first kappa shape index (κ1) is 13.2. The van der Waals surface area contributed by atoms with Gasteiger partial charge in [-0.15, -0.1) is 0 Å². The molecule has 19 heavy (non-hydrogen) atoms. The summed E-state index contributed by atoms with van der Waals surface area (Å²) in [5.41, 5.74) is 6.85. The van der Waals surface area contributed by atoms with Gasteiger partial charge in [0.05, 0.1) is 4.91 Å². The Morgan fingerprint density at radius 2 is 1.95 bits per heavy atom. The number of imide groups is 1. The van der Waals surface area contributed by atoms with Crippen LogP contribution in [-0.4, -0.2) is 33.7 Å². The van der Waals surface area contributed by atoms with Crippen LogP contribution >= 0.6 is 11.8 Å². The Hall–Kier alpha value is -2.28. The average Bonchev–Trinajstić information content (AvgIpc) is 2.60. The molecule has 98 valence electrons. The van der Waals surface area contributed by atoms with Crippen LogP contribution in [0.2, 0.25) is 0 Å². The highest BCUT2D eigenvalue weighted by atomic mass is 32.2. The summed E-state index contributed by atoms with van der Waals surface area (Å²) in [5, 5.41) is 8.05. The van der Waals surface area contributed by atoms with Gasteiger partial charge in [-0.05, 0) is 35.5 Å². The molecule has 0 unspecified atom stereocenters. The molecule has 0 atom stereocenters. The van der Waals surface area contributed by atoms with Crippen molar-refractivity contribution in [1.29, 1.82) is 0 Å². The van der Waals surface area contributed by atoms with Crippen LogP contribution in [-0.2, 0) is 9.59 Å². The molecule has 0 radical (unpaired) electrons. The molecule has 0 bridgehead atoms. The number of nitrogens with zero attached hydrogens (tertiary/aromatic N) is 1. The highest BCUT2D eigenvalue weighted by Crippen LogP contribution is 2.31. The third kappa shape index (κ3) is 2.94. The van der Waals surface area contributed by atoms with Gasteiger partial charge in [0.2, 0.25) is 0 Å². The van der Waals surface area contributed by atoms with E-state index in [-0.39, 0.29) is 4.91 Å². The van der Waals surface area contributed by atoms with Gasteiger partial charge < -0.3 is 10.8 Å². The Balaban J connectivity index is 2.23. The third-order valence-electron chi connectivity index (χ3n) is 2.40. The predicted octanol–water partition coefficient (Wildman–Crippen LogP) is 1.39. The zero-order valence-electron chi connectivity index (χ0n) is 9.70. The fraction of sp³-hybridized carbons (Fsp3) is 0.0833. The van der Waals surface area contributed by atoms with Gasteiger partial charge in [-0.3, -0.25) is 19.3 Å². The first-order valence-electron chi connectivity index (χ1n) is 5.30. The number of nitrogen functional groups attached to an aromatic ring is 1. The maximum Gasteiger partial charge on any atom is 0.323 e. The number of carboxylic acid groups (broad SMARTS) is 1. The number of nitrogens with two attached hydrogens (primary N) is 1. The van der Waals surface area contributed by atoms with Crippen molar-refractivity contribution >= 4 is 40.6 Å². The Labute approximate surface area is 112 Å². The number of anilines is 1. The maximum atomic E-state index is 11.9. The van der Waals surface area contributed by atoms with Crippen LogP contribution in [0.15, 0.2) is 29.2 Å². The Bertz CT molecular complexity index is 580. The topological polar surface area (TPSA) is 101 Å². The Kier molecular flexibility index (Phi) is 3.57. The highest BCUT2D eigenvalue weighted by Gasteiger charge is 2.36. The van der Waals surface area contributed by atoms with Gasteiger partial charge in [0.1, 0.15) is 6.54 Å². The van der Waals surface area contributed by atoms with Crippen molar-refractivity contribution in [3.8, 4) is 0 Å². The highest BCUT2D eigenvalue weighted by molar-refractivity contribution is 8.18. The quantitative estimate of drug-likeness (QED) is 0.640. The zero-order chi connectivity index (χ0) is 14.0. The molecule has 1 aromatic rings. The van der Waals surface area contributed by atoms with E-state index in [2.05, 4.69) is 0 Å². The number of carbonyl (C=O) groups is 3. The van der Waals surface area contributed by atoms with Crippen LogP contribution < -0.4 is 5.73 Å². The SMILES string of the molecule is Nc1ccc(C=C2SC(=O)N(CC(=O)O)C2=O)cc1. The largest absolute Gasteiger partial charge is 0.480 e. The number of benzene rings is 1. The molecule has 0 aliphatic carbocycles. The van der Waals surface area contributed by atoms with E-state index in [1.54, 1.807) is 24.3 Å². The van der Waals surface area contributed by atoms with Crippen LogP contribution in [0.3, 0.4) is 0 Å². The van der Waals surface area contributed by atoms with Crippen LogP contribution in [0.25, 0.3) is 6.08 Å². The fourth-order valence-corrected chi connectivity index (χ4v) is 2.35. The van der Waals surface area contributed by atoms with E-state index in [0.717, 1.165) is 17.3 Å². The standard InChI is InChI=1S/C12H10N2O4S/c13-8-3-1-7(2-4-8)5-9-11(17)14(6-10(15)16)12(18)19-9/h1-5H,6,13H2,(H,15,16). The summed E-state index contributed by atoms with van der Waals surface area (Å²) in [6, 6.07) is 6.77. The van der Waals surface area contributed by atoms with E-state index in [9.17, 15) is 14.4 Å². The molecule has 1 fully saturated rings. The zero-order valence-corrected chi connectivity index (χ0v) is 10.5. The van der Waals surface area contributed by atoms with Crippen LogP contribution in [0, 0.1) is 0 Å². The smallest absolute Gasteiger partial charge is 0.323 e. The van der Waals surface area contributed by atoms with Crippen molar-refractivity contribution in [2.75, 3.05) is 12.3 Å². The number of thioether (sulfide) groups is 1. The van der Waals surface area contributed by atoms with Crippen molar-refractivity contribution in [2.24, 2.45) is 0 Å². The summed E-state index contributed by atoms with van der Waals surface area (Å²) in [6.07, 6.45) is 1.53. The second kappa shape index (κ2) is 5.15. The Morgan fingerprint density at radius 3 is 2.53 bits per heavy atom. The van der Waals surface area contributed by atoms with E-state index >= 15 is 0 Å². The molecule has 6 nitrogen and oxygen atoms in total. The minimum Gasteiger partial charge on any atom is -0.480 e. The summed E-state index contributed by atoms with van der Waals surface area (Å²) < 4.78 is 0. The van der Waals surface area contributed by atoms with Gasteiger partial charge in [0, 0.05) is 5.69 Å². The summed E-state index contributed by atoms with van der Waals surface area (Å²) in [6.45, 7) is -0.621. The molecule has 2 amide bonds. The summed E-state index contributed by atoms with van der Waals surface area (Å²) in [4.78, 5) is 34.8. The molecule has 0 spiro atoms. The summed E-state index contributed by atoms with van der Waals surface area (Å²) in [5.74, 6) is -1.81. The fourth-order valence-electron chi connectivity index (χ4n) is 1.52. The molecule has 7 heteroatoms. The van der Waals surface area contributed by atoms with Crippen LogP contribution in [0.1, 0.15) is 5.56 Å². The lowest BCUT2D eigenvalue weighted by atomic mass is 10.2. The molecule has 0 saturated carbocycles. The molecule has 2 rings (SSSR count). The molecule has 3 N–H and O–H groups in total. The predicted molar refractivity (Wildman–Crippen MR) is 71.2 cm³/mol. The van der Waals surface area contributed by atoms with Crippen molar-refractivity contribution < 1.29 is 19.5 Å². The minimum absolute atomic E-state index is 0.205. The Morgan fingerprint density at radius 1 is 1.32 bits per heavy atom. The molecule has 0 aromatic heterocycles. The van der Waals surface area contributed by atoms with Crippen LogP contribution in [0.5, 0.6) is 0 Å². The maximum absolute atomic E-state index is 11.9. The normalized spacial score (nSPS) is 17.3. The molecule has 1 aliphatic rings. The van der Waals surface area contributed by atoms with Crippen molar-refractivity contribution in [3.63, 3.8) is 0 Å². The van der Waals surface area contributed by atoms with Gasteiger partial charge in [-0.25, -0.2) is 0 Å². The summed E-state index contributed by atoms with van der Waals surface area (Å²) >= 11 is 0.727. The number of carbonyl (C=O) groups excluding carboxylic acids is 2. The number of hydrogen-bond acceptors (Lipinski definition) is 5. The molecular weight excluding hydrogens is 268 g/mol. The lowest BCUT2D eigenvalue weighted by Crippen LogP contribution is -2.33. The number of rotatable bonds is 3. The van der Waals surface area contributed by atoms with E-state index in [0.29, 0.717) is 10.6 Å². The lowest BCUT2D eigenvalue weighted by Gasteiger charge is -2.07. The number of amides is 2. The van der Waals surface area contributed by atoms with E-state index < -0.39 is 23.7 Å². The second-order valence-electron chi connectivity index (χ2n) is 3.83. The van der Waals surface area contributed by atoms with E-state index in [1.165, 1.54) is 6.08 Å². The van der Waals surface area contributed by atoms with E-state index in [1.807, 2.05) is 0 Å². The van der Waals surface area contributed by atoms with Crippen molar-refractivity contribution in [2.45, 2.75) is 0 Å². The molecule has 1 aromatic carbocycles. The minimum atomic E-state index is -1.23. The average molecular weight is 278 g/mol. The monoisotopic (exact) mass is 278 g/mol.